The van der Waals surface area contributed by atoms with Crippen LogP contribution >= 0.6 is 0 Å². The fourth-order valence-electron chi connectivity index (χ4n) is 4.11. The molecule has 168 valence electrons. The Balaban J connectivity index is 1.54. The average Bonchev–Trinajstić information content (AvgIpc) is 2.79. The first kappa shape index (κ1) is 22.2. The van der Waals surface area contributed by atoms with Crippen LogP contribution in [0, 0.1) is 6.92 Å². The van der Waals surface area contributed by atoms with Gasteiger partial charge < -0.3 is 9.73 Å². The number of nitrogens with one attached hydrogen (secondary N) is 1. The van der Waals surface area contributed by atoms with E-state index in [-0.39, 0.29) is 22.1 Å². The Bertz CT molecular complexity index is 1310. The van der Waals surface area contributed by atoms with Crippen molar-refractivity contribution in [3.8, 4) is 0 Å². The van der Waals surface area contributed by atoms with E-state index < -0.39 is 15.9 Å². The van der Waals surface area contributed by atoms with Gasteiger partial charge in [-0.2, -0.15) is 4.31 Å². The maximum atomic E-state index is 13.1. The number of carbonyl (C=O) groups excluding carboxylic acids is 1. The van der Waals surface area contributed by atoms with Gasteiger partial charge in [0.2, 0.25) is 10.0 Å². The predicted octanol–water partition coefficient (Wildman–Crippen LogP) is 4.31. The van der Waals surface area contributed by atoms with Crippen molar-refractivity contribution in [2.24, 2.45) is 0 Å². The number of amides is 1. The summed E-state index contributed by atoms with van der Waals surface area (Å²) in [4.78, 5) is 25.1. The Morgan fingerprint density at radius 1 is 1.12 bits per heavy atom. The van der Waals surface area contributed by atoms with Crippen molar-refractivity contribution in [3.63, 3.8) is 0 Å². The quantitative estimate of drug-likeness (QED) is 0.620. The van der Waals surface area contributed by atoms with Gasteiger partial charge in [-0.05, 0) is 68.1 Å². The van der Waals surface area contributed by atoms with Crippen LogP contribution in [0.1, 0.15) is 48.7 Å². The standard InChI is InChI=1S/C24H26N2O5S/c1-3-18-6-4-5-13-26(18)32(29,30)19-10-8-17(9-11-19)25-24(28)23-15-21(27)20-12-7-16(2)14-22(20)31-23/h7-12,14-15,18H,3-6,13H2,1-2H3,(H,25,28). The summed E-state index contributed by atoms with van der Waals surface area (Å²) in [6.45, 7) is 4.40. The SMILES string of the molecule is CCC1CCCCN1S(=O)(=O)c1ccc(NC(=O)c2cc(=O)c3ccc(C)cc3o2)cc1. The Kier molecular flexibility index (Phi) is 6.17. The van der Waals surface area contributed by atoms with E-state index in [1.54, 1.807) is 34.6 Å². The first-order valence-corrected chi connectivity index (χ1v) is 12.2. The minimum Gasteiger partial charge on any atom is -0.451 e. The van der Waals surface area contributed by atoms with Crippen molar-refractivity contribution < 1.29 is 17.6 Å². The predicted molar refractivity (Wildman–Crippen MR) is 123 cm³/mol. The fraction of sp³-hybridized carbons (Fsp3) is 0.333. The zero-order chi connectivity index (χ0) is 22.9. The third-order valence-corrected chi connectivity index (χ3v) is 7.84. The van der Waals surface area contributed by atoms with Gasteiger partial charge in [0.1, 0.15) is 5.58 Å². The number of benzene rings is 2. The number of carbonyl (C=O) groups is 1. The maximum absolute atomic E-state index is 13.1. The van der Waals surface area contributed by atoms with Gasteiger partial charge >= 0.3 is 0 Å². The number of sulfonamides is 1. The lowest BCUT2D eigenvalue weighted by Gasteiger charge is -2.34. The van der Waals surface area contributed by atoms with Crippen molar-refractivity contribution in [1.29, 1.82) is 0 Å². The minimum absolute atomic E-state index is 0.0209. The number of hydrogen-bond donors (Lipinski definition) is 1. The lowest BCUT2D eigenvalue weighted by atomic mass is 10.0. The molecule has 2 heterocycles. The highest BCUT2D eigenvalue weighted by atomic mass is 32.2. The number of aryl methyl sites for hydroxylation is 1. The molecule has 1 unspecified atom stereocenters. The molecule has 1 aliphatic rings. The van der Waals surface area contributed by atoms with Gasteiger partial charge in [0, 0.05) is 24.3 Å². The Labute approximate surface area is 187 Å². The van der Waals surface area contributed by atoms with Crippen molar-refractivity contribution in [2.75, 3.05) is 11.9 Å². The monoisotopic (exact) mass is 454 g/mol. The van der Waals surface area contributed by atoms with Crippen molar-refractivity contribution >= 4 is 32.6 Å². The summed E-state index contributed by atoms with van der Waals surface area (Å²) in [6, 6.07) is 12.4. The average molecular weight is 455 g/mol. The highest BCUT2D eigenvalue weighted by Gasteiger charge is 2.32. The number of nitrogens with zero attached hydrogens (tertiary/aromatic N) is 1. The van der Waals surface area contributed by atoms with Crippen molar-refractivity contribution in [3.05, 3.63) is 70.1 Å². The normalized spacial score (nSPS) is 17.4. The van der Waals surface area contributed by atoms with E-state index in [1.807, 2.05) is 13.8 Å². The van der Waals surface area contributed by atoms with Crippen LogP contribution in [0.4, 0.5) is 5.69 Å². The van der Waals surface area contributed by atoms with Gasteiger partial charge in [-0.15, -0.1) is 0 Å². The summed E-state index contributed by atoms with van der Waals surface area (Å²) < 4.78 is 33.4. The van der Waals surface area contributed by atoms with Crippen LogP contribution < -0.4 is 10.7 Å². The molecule has 1 fully saturated rings. The third kappa shape index (κ3) is 4.33. The van der Waals surface area contributed by atoms with Crippen LogP contribution in [-0.4, -0.2) is 31.2 Å². The van der Waals surface area contributed by atoms with Crippen LogP contribution in [0.25, 0.3) is 11.0 Å². The molecule has 0 saturated carbocycles. The Morgan fingerprint density at radius 2 is 1.88 bits per heavy atom. The molecule has 32 heavy (non-hydrogen) atoms. The second-order valence-electron chi connectivity index (χ2n) is 8.13. The van der Waals surface area contributed by atoms with E-state index in [9.17, 15) is 18.0 Å². The fourth-order valence-corrected chi connectivity index (χ4v) is 5.88. The van der Waals surface area contributed by atoms with Crippen LogP contribution in [0.2, 0.25) is 0 Å². The topological polar surface area (TPSA) is 96.7 Å². The minimum atomic E-state index is -3.59. The highest BCUT2D eigenvalue weighted by Crippen LogP contribution is 2.27. The molecule has 3 aromatic rings. The molecule has 4 rings (SSSR count). The molecular formula is C24H26N2O5S. The van der Waals surface area contributed by atoms with Crippen molar-refractivity contribution in [2.45, 2.75) is 50.5 Å². The van der Waals surface area contributed by atoms with Crippen LogP contribution in [0.3, 0.4) is 0 Å². The van der Waals surface area contributed by atoms with Gasteiger partial charge in [-0.1, -0.05) is 19.4 Å². The molecule has 0 radical (unpaired) electrons. The van der Waals surface area contributed by atoms with Gasteiger partial charge in [0.15, 0.2) is 11.2 Å². The van der Waals surface area contributed by atoms with E-state index in [0.717, 1.165) is 37.3 Å². The van der Waals surface area contributed by atoms with Crippen molar-refractivity contribution in [1.82, 2.24) is 4.31 Å². The smallest absolute Gasteiger partial charge is 0.291 e. The van der Waals surface area contributed by atoms with Gasteiger partial charge in [0.25, 0.3) is 5.91 Å². The first-order chi connectivity index (χ1) is 15.3. The maximum Gasteiger partial charge on any atom is 0.291 e. The highest BCUT2D eigenvalue weighted by molar-refractivity contribution is 7.89. The van der Waals surface area contributed by atoms with Crippen LogP contribution in [0.15, 0.2) is 62.6 Å². The summed E-state index contributed by atoms with van der Waals surface area (Å²) in [5.41, 5.74) is 1.36. The molecule has 1 atom stereocenters. The molecule has 0 aliphatic carbocycles. The summed E-state index contributed by atoms with van der Waals surface area (Å²) in [6.07, 6.45) is 3.56. The van der Waals surface area contributed by atoms with E-state index in [2.05, 4.69) is 5.32 Å². The first-order valence-electron chi connectivity index (χ1n) is 10.8. The molecule has 1 saturated heterocycles. The zero-order valence-corrected chi connectivity index (χ0v) is 18.9. The number of piperidine rings is 1. The molecule has 1 N–H and O–H groups in total. The number of rotatable bonds is 5. The molecule has 1 aliphatic heterocycles. The van der Waals surface area contributed by atoms with E-state index in [4.69, 9.17) is 4.42 Å². The summed E-state index contributed by atoms with van der Waals surface area (Å²) in [5, 5.41) is 3.07. The van der Waals surface area contributed by atoms with Gasteiger partial charge in [-0.25, -0.2) is 8.42 Å². The summed E-state index contributed by atoms with van der Waals surface area (Å²) >= 11 is 0. The van der Waals surface area contributed by atoms with Crippen LogP contribution in [-0.2, 0) is 10.0 Å². The molecule has 2 aromatic carbocycles. The van der Waals surface area contributed by atoms with Crippen LogP contribution in [0.5, 0.6) is 0 Å². The largest absolute Gasteiger partial charge is 0.451 e. The second-order valence-corrected chi connectivity index (χ2v) is 10.0. The van der Waals surface area contributed by atoms with E-state index in [1.165, 1.54) is 12.1 Å². The molecule has 8 heteroatoms. The third-order valence-electron chi connectivity index (χ3n) is 5.87. The number of anilines is 1. The van der Waals surface area contributed by atoms with Gasteiger partial charge in [0.05, 0.1) is 10.3 Å². The second kappa shape index (κ2) is 8.88. The molecular weight excluding hydrogens is 428 g/mol. The lowest BCUT2D eigenvalue weighted by Crippen LogP contribution is -2.43. The lowest BCUT2D eigenvalue weighted by molar-refractivity contribution is 0.0997. The van der Waals surface area contributed by atoms with Gasteiger partial charge in [-0.3, -0.25) is 9.59 Å². The molecule has 1 amide bonds. The van der Waals surface area contributed by atoms with E-state index in [0.29, 0.717) is 23.2 Å². The summed E-state index contributed by atoms with van der Waals surface area (Å²) in [5.74, 6) is -0.688. The summed E-state index contributed by atoms with van der Waals surface area (Å²) in [7, 11) is -3.59. The molecule has 7 nitrogen and oxygen atoms in total. The van der Waals surface area contributed by atoms with E-state index >= 15 is 0 Å². The number of fused-ring (bicyclic) bond motifs is 1. The molecule has 1 aromatic heterocycles. The Hall–Kier alpha value is -2.97. The number of hydrogen-bond acceptors (Lipinski definition) is 5. The Morgan fingerprint density at radius 3 is 2.59 bits per heavy atom. The molecule has 0 bridgehead atoms. The molecule has 0 spiro atoms. The zero-order valence-electron chi connectivity index (χ0n) is 18.1.